The average Bonchev–Trinajstić information content (AvgIpc) is 2.83. The maximum Gasteiger partial charge on any atom is 0.0407 e. The molecule has 3 aliphatic rings. The lowest BCUT2D eigenvalue weighted by Crippen LogP contribution is -2.44. The normalized spacial score (nSPS) is 31.1. The Morgan fingerprint density at radius 3 is 2.42 bits per heavy atom. The van der Waals surface area contributed by atoms with E-state index < -0.39 is 0 Å². The molecule has 1 aromatic rings. The predicted molar refractivity (Wildman–Crippen MR) is 80.8 cm³/mol. The Hall–Kier alpha value is -0.980. The van der Waals surface area contributed by atoms with Gasteiger partial charge in [-0.2, -0.15) is 0 Å². The summed E-state index contributed by atoms with van der Waals surface area (Å²) < 4.78 is 0. The summed E-state index contributed by atoms with van der Waals surface area (Å²) >= 11 is 0. The minimum atomic E-state index is 0.828. The molecule has 0 bridgehead atoms. The maximum absolute atomic E-state index is 2.86. The zero-order valence-corrected chi connectivity index (χ0v) is 11.9. The van der Waals surface area contributed by atoms with Gasteiger partial charge in [-0.3, -0.25) is 0 Å². The first-order chi connectivity index (χ1) is 9.45. The van der Waals surface area contributed by atoms with E-state index in [1.165, 1.54) is 57.8 Å². The van der Waals surface area contributed by atoms with Crippen molar-refractivity contribution >= 4 is 5.69 Å². The summed E-state index contributed by atoms with van der Waals surface area (Å²) in [7, 11) is 0. The molecule has 2 aliphatic carbocycles. The lowest BCUT2D eigenvalue weighted by atomic mass is 9.82. The molecule has 19 heavy (non-hydrogen) atoms. The smallest absolute Gasteiger partial charge is 0.0407 e. The van der Waals surface area contributed by atoms with Crippen LogP contribution in [0.1, 0.15) is 69.3 Å². The third kappa shape index (κ3) is 1.89. The van der Waals surface area contributed by atoms with Gasteiger partial charge in [0.1, 0.15) is 0 Å². The highest BCUT2D eigenvalue weighted by atomic mass is 15.2. The largest absolute Gasteiger partial charge is 0.365 e. The first-order valence-electron chi connectivity index (χ1n) is 8.32. The van der Waals surface area contributed by atoms with Crippen molar-refractivity contribution < 1.29 is 0 Å². The second-order valence-electron chi connectivity index (χ2n) is 6.72. The van der Waals surface area contributed by atoms with E-state index in [1.807, 2.05) is 0 Å². The molecule has 2 unspecified atom stereocenters. The first kappa shape index (κ1) is 11.8. The molecule has 1 heteroatoms. The molecular formula is C18H25N. The van der Waals surface area contributed by atoms with Crippen molar-refractivity contribution in [3.05, 3.63) is 29.8 Å². The van der Waals surface area contributed by atoms with E-state index in [1.54, 1.807) is 11.3 Å². The topological polar surface area (TPSA) is 3.24 Å². The molecule has 102 valence electrons. The van der Waals surface area contributed by atoms with Crippen LogP contribution in [0.3, 0.4) is 0 Å². The molecule has 2 saturated carbocycles. The maximum atomic E-state index is 2.86. The lowest BCUT2D eigenvalue weighted by Gasteiger charge is -2.41. The highest BCUT2D eigenvalue weighted by Crippen LogP contribution is 2.49. The van der Waals surface area contributed by atoms with Crippen molar-refractivity contribution in [2.24, 2.45) is 0 Å². The number of para-hydroxylation sites is 1. The molecule has 1 nitrogen and oxygen atoms in total. The number of nitrogens with zero attached hydrogens (tertiary/aromatic N) is 1. The fraction of sp³-hybridized carbons (Fsp3) is 0.667. The summed E-state index contributed by atoms with van der Waals surface area (Å²) in [4.78, 5) is 2.86. The second kappa shape index (κ2) is 4.85. The Kier molecular flexibility index (Phi) is 3.01. The van der Waals surface area contributed by atoms with Gasteiger partial charge in [0, 0.05) is 23.7 Å². The number of hydrogen-bond acceptors (Lipinski definition) is 1. The molecule has 0 N–H and O–H groups in total. The van der Waals surface area contributed by atoms with Gasteiger partial charge >= 0.3 is 0 Å². The van der Waals surface area contributed by atoms with Crippen LogP contribution < -0.4 is 4.90 Å². The van der Waals surface area contributed by atoms with Gasteiger partial charge < -0.3 is 4.90 Å². The summed E-state index contributed by atoms with van der Waals surface area (Å²) in [5.74, 6) is 0.840. The summed E-state index contributed by atoms with van der Waals surface area (Å²) in [5, 5.41) is 0. The third-order valence-electron chi connectivity index (χ3n) is 5.67. The predicted octanol–water partition coefficient (Wildman–Crippen LogP) is 4.87. The molecule has 4 rings (SSSR count). The third-order valence-corrected chi connectivity index (χ3v) is 5.67. The number of rotatable bonds is 1. The summed E-state index contributed by atoms with van der Waals surface area (Å²) in [5.41, 5.74) is 3.25. The highest BCUT2D eigenvalue weighted by molar-refractivity contribution is 5.63. The molecule has 2 fully saturated rings. The minimum absolute atomic E-state index is 0.828. The van der Waals surface area contributed by atoms with Gasteiger partial charge in [0.25, 0.3) is 0 Å². The van der Waals surface area contributed by atoms with E-state index in [2.05, 4.69) is 29.2 Å². The van der Waals surface area contributed by atoms with Gasteiger partial charge in [0.2, 0.25) is 0 Å². The first-order valence-corrected chi connectivity index (χ1v) is 8.32. The van der Waals surface area contributed by atoms with Crippen LogP contribution in [-0.4, -0.2) is 12.1 Å². The van der Waals surface area contributed by atoms with E-state index in [0.717, 1.165) is 18.0 Å². The summed E-state index contributed by atoms with van der Waals surface area (Å²) in [6.07, 6.45) is 12.9. The fourth-order valence-corrected chi connectivity index (χ4v) is 4.85. The molecule has 0 amide bonds. The summed E-state index contributed by atoms with van der Waals surface area (Å²) in [6, 6.07) is 10.9. The van der Waals surface area contributed by atoms with Crippen molar-refractivity contribution in [1.82, 2.24) is 0 Å². The lowest BCUT2D eigenvalue weighted by molar-refractivity contribution is 0.331. The molecule has 1 aromatic carbocycles. The molecule has 0 radical (unpaired) electrons. The zero-order chi connectivity index (χ0) is 12.7. The summed E-state index contributed by atoms with van der Waals surface area (Å²) in [6.45, 7) is 0. The van der Waals surface area contributed by atoms with E-state index in [-0.39, 0.29) is 0 Å². The molecule has 0 saturated heterocycles. The number of hydrogen-bond donors (Lipinski definition) is 0. The van der Waals surface area contributed by atoms with Gasteiger partial charge in [-0.1, -0.05) is 50.3 Å². The Morgan fingerprint density at radius 1 is 0.789 bits per heavy atom. The molecule has 2 atom stereocenters. The van der Waals surface area contributed by atoms with E-state index in [0.29, 0.717) is 0 Å². The van der Waals surface area contributed by atoms with Gasteiger partial charge in [0.05, 0.1) is 0 Å². The van der Waals surface area contributed by atoms with Crippen molar-refractivity contribution in [3.8, 4) is 0 Å². The minimum Gasteiger partial charge on any atom is -0.365 e. The van der Waals surface area contributed by atoms with Crippen LogP contribution in [0.2, 0.25) is 0 Å². The highest BCUT2D eigenvalue weighted by Gasteiger charge is 2.42. The Morgan fingerprint density at radius 2 is 1.53 bits per heavy atom. The van der Waals surface area contributed by atoms with E-state index in [4.69, 9.17) is 0 Å². The number of fused-ring (bicyclic) bond motifs is 3. The average molecular weight is 255 g/mol. The number of benzene rings is 1. The van der Waals surface area contributed by atoms with Gasteiger partial charge in [0.15, 0.2) is 0 Å². The molecular weight excluding hydrogens is 230 g/mol. The van der Waals surface area contributed by atoms with Crippen molar-refractivity contribution in [3.63, 3.8) is 0 Å². The monoisotopic (exact) mass is 255 g/mol. The van der Waals surface area contributed by atoms with E-state index in [9.17, 15) is 0 Å². The molecule has 1 heterocycles. The Labute approximate surface area is 117 Å². The van der Waals surface area contributed by atoms with Gasteiger partial charge in [-0.15, -0.1) is 0 Å². The van der Waals surface area contributed by atoms with Crippen molar-refractivity contribution in [1.29, 1.82) is 0 Å². The molecule has 0 spiro atoms. The SMILES string of the molecule is c1ccc2c(c1)C1CCCCC1N2C1CCCCC1. The molecule has 0 aromatic heterocycles. The molecule has 1 aliphatic heterocycles. The standard InChI is InChI=1S/C18H25N/c1-2-8-14(9-3-1)19-17-12-6-4-10-15(17)16-11-5-7-13-18(16)19/h4,6,10,12,14,16,18H,1-3,5,7-9,11,13H2. The van der Waals surface area contributed by atoms with Crippen molar-refractivity contribution in [2.45, 2.75) is 75.8 Å². The number of anilines is 1. The van der Waals surface area contributed by atoms with Crippen LogP contribution >= 0.6 is 0 Å². The second-order valence-corrected chi connectivity index (χ2v) is 6.72. The van der Waals surface area contributed by atoms with Crippen LogP contribution in [-0.2, 0) is 0 Å². The van der Waals surface area contributed by atoms with Crippen LogP contribution in [0.4, 0.5) is 5.69 Å². The zero-order valence-electron chi connectivity index (χ0n) is 11.9. The van der Waals surface area contributed by atoms with E-state index >= 15 is 0 Å². The van der Waals surface area contributed by atoms with Crippen LogP contribution in [0.5, 0.6) is 0 Å². The fourth-order valence-electron chi connectivity index (χ4n) is 4.85. The Balaban J connectivity index is 1.71. The van der Waals surface area contributed by atoms with Gasteiger partial charge in [-0.05, 0) is 37.3 Å². The Bertz CT molecular complexity index is 447. The van der Waals surface area contributed by atoms with Crippen LogP contribution in [0.15, 0.2) is 24.3 Å². The van der Waals surface area contributed by atoms with Crippen molar-refractivity contribution in [2.75, 3.05) is 4.90 Å². The van der Waals surface area contributed by atoms with Gasteiger partial charge in [-0.25, -0.2) is 0 Å². The van der Waals surface area contributed by atoms with Crippen LogP contribution in [0.25, 0.3) is 0 Å². The van der Waals surface area contributed by atoms with Crippen LogP contribution in [0, 0.1) is 0 Å². The quantitative estimate of drug-likeness (QED) is 0.692.